The fourth-order valence-corrected chi connectivity index (χ4v) is 5.85. The number of H-pyrrole nitrogens is 1. The molecule has 5 rings (SSSR count). The number of rotatable bonds is 11. The highest BCUT2D eigenvalue weighted by Crippen LogP contribution is 2.47. The van der Waals surface area contributed by atoms with E-state index in [4.69, 9.17) is 14.2 Å². The van der Waals surface area contributed by atoms with E-state index in [2.05, 4.69) is 32.6 Å². The van der Waals surface area contributed by atoms with Crippen LogP contribution in [0.2, 0.25) is 0 Å². The summed E-state index contributed by atoms with van der Waals surface area (Å²) in [6.07, 6.45) is -0.627. The molecule has 0 saturated carbocycles. The van der Waals surface area contributed by atoms with E-state index in [-0.39, 0.29) is 37.2 Å². The zero-order chi connectivity index (χ0) is 30.2. The highest BCUT2D eigenvalue weighted by atomic mass is 32.2. The lowest BCUT2D eigenvalue weighted by atomic mass is 9.84. The van der Waals surface area contributed by atoms with Gasteiger partial charge in [0.2, 0.25) is 0 Å². The van der Waals surface area contributed by atoms with Crippen molar-refractivity contribution in [2.45, 2.75) is 62.7 Å². The average Bonchev–Trinajstić information content (AvgIpc) is 3.56. The minimum Gasteiger partial charge on any atom is -0.453 e. The van der Waals surface area contributed by atoms with E-state index in [1.54, 1.807) is 0 Å². The molecule has 1 aliphatic heterocycles. The molecule has 0 bridgehead atoms. The van der Waals surface area contributed by atoms with Crippen LogP contribution in [0.25, 0.3) is 0 Å². The number of aliphatic hydroxyl groups excluding tert-OH is 1. The molecule has 1 fully saturated rings. The summed E-state index contributed by atoms with van der Waals surface area (Å²) < 4.78 is 18.3. The fraction of sp³-hybridized carbons (Fsp3) is 0.312. The zero-order valence-electron chi connectivity index (χ0n) is 23.9. The molecular weight excluding hydrogens is 568 g/mol. The predicted molar refractivity (Wildman–Crippen MR) is 160 cm³/mol. The number of thioether (sulfide) groups is 1. The van der Waals surface area contributed by atoms with Crippen LogP contribution in [0.5, 0.6) is 0 Å². The SMILES string of the molecule is CC(=O)O[C@@H](C)C(=O)NCc1ccc(C2O[C@H](CSc3ncn[nH]3)[C@@H](c3ccccc3)[C@H](c3ccc(CO)cc3)O2)cc1. The van der Waals surface area contributed by atoms with Crippen LogP contribution in [0.1, 0.15) is 60.0 Å². The van der Waals surface area contributed by atoms with Crippen molar-refractivity contribution in [2.24, 2.45) is 0 Å². The molecule has 1 aromatic heterocycles. The summed E-state index contributed by atoms with van der Waals surface area (Å²) >= 11 is 1.54. The van der Waals surface area contributed by atoms with Crippen molar-refractivity contribution in [3.05, 3.63) is 113 Å². The minimum absolute atomic E-state index is 0.0361. The van der Waals surface area contributed by atoms with E-state index < -0.39 is 18.4 Å². The Morgan fingerprint density at radius 2 is 1.67 bits per heavy atom. The maximum atomic E-state index is 12.3. The molecular formula is C32H34N4O6S. The standard InChI is InChI=1S/C32H34N4O6S/c1-20(40-21(2)38)30(39)33-16-22-8-14-26(15-9-22)31-41-27(18-43-32-34-19-35-36-32)28(24-6-4-3-5-7-24)29(42-31)25-12-10-23(17-37)11-13-25/h3-15,19-20,27-29,31,37H,16-18H2,1-2H3,(H,33,39)(H,34,35,36)/t20-,27+,28+,29-,31?/m0/s1. The number of nitrogens with one attached hydrogen (secondary N) is 2. The quantitative estimate of drug-likeness (QED) is 0.166. The highest BCUT2D eigenvalue weighted by molar-refractivity contribution is 7.99. The van der Waals surface area contributed by atoms with E-state index in [9.17, 15) is 14.7 Å². The molecule has 4 aromatic rings. The monoisotopic (exact) mass is 602 g/mol. The van der Waals surface area contributed by atoms with Crippen molar-refractivity contribution in [3.63, 3.8) is 0 Å². The Hall–Kier alpha value is -4.03. The third kappa shape index (κ3) is 7.88. The Balaban J connectivity index is 1.39. The van der Waals surface area contributed by atoms with Crippen LogP contribution in [0, 0.1) is 0 Å². The van der Waals surface area contributed by atoms with Gasteiger partial charge in [-0.3, -0.25) is 14.7 Å². The van der Waals surface area contributed by atoms with E-state index in [1.165, 1.54) is 31.9 Å². The first-order valence-corrected chi connectivity index (χ1v) is 15.0. The number of carbonyl (C=O) groups is 2. The van der Waals surface area contributed by atoms with Crippen LogP contribution in [0.4, 0.5) is 0 Å². The van der Waals surface area contributed by atoms with E-state index in [0.29, 0.717) is 10.9 Å². The number of aromatic nitrogens is 3. The Labute approximate surface area is 254 Å². The third-order valence-electron chi connectivity index (χ3n) is 7.18. The molecule has 0 radical (unpaired) electrons. The van der Waals surface area contributed by atoms with Crippen LogP contribution in [0.15, 0.2) is 90.3 Å². The average molecular weight is 603 g/mol. The number of aliphatic hydroxyl groups is 1. The molecule has 1 aliphatic rings. The van der Waals surface area contributed by atoms with Gasteiger partial charge in [0.15, 0.2) is 17.6 Å². The molecule has 224 valence electrons. The van der Waals surface area contributed by atoms with Crippen LogP contribution >= 0.6 is 11.8 Å². The number of aromatic amines is 1. The summed E-state index contributed by atoms with van der Waals surface area (Å²) in [7, 11) is 0. The molecule has 1 amide bonds. The second kappa shape index (κ2) is 14.4. The number of ether oxygens (including phenoxy) is 3. The Kier molecular flexibility index (Phi) is 10.2. The minimum atomic E-state index is -0.867. The summed E-state index contributed by atoms with van der Waals surface area (Å²) in [5, 5.41) is 20.0. The normalized spacial score (nSPS) is 20.7. The van der Waals surface area contributed by atoms with Crippen molar-refractivity contribution < 1.29 is 28.9 Å². The van der Waals surface area contributed by atoms with Gasteiger partial charge in [-0.1, -0.05) is 90.6 Å². The summed E-state index contributed by atoms with van der Waals surface area (Å²) in [6, 6.07) is 25.7. The van der Waals surface area contributed by atoms with E-state index in [0.717, 1.165) is 27.8 Å². The van der Waals surface area contributed by atoms with E-state index >= 15 is 0 Å². The largest absolute Gasteiger partial charge is 0.453 e. The van der Waals surface area contributed by atoms with Crippen LogP contribution in [0.3, 0.4) is 0 Å². The van der Waals surface area contributed by atoms with Gasteiger partial charge in [-0.2, -0.15) is 5.10 Å². The molecule has 11 heteroatoms. The lowest BCUT2D eigenvalue weighted by Gasteiger charge is -2.43. The molecule has 1 saturated heterocycles. The second-order valence-corrected chi connectivity index (χ2v) is 11.2. The van der Waals surface area contributed by atoms with Crippen molar-refractivity contribution in [1.29, 1.82) is 0 Å². The van der Waals surface area contributed by atoms with Gasteiger partial charge in [-0.05, 0) is 29.2 Å². The van der Waals surface area contributed by atoms with Crippen LogP contribution in [-0.2, 0) is 37.0 Å². The number of esters is 1. The molecule has 43 heavy (non-hydrogen) atoms. The number of benzene rings is 3. The second-order valence-electron chi connectivity index (χ2n) is 10.2. The molecule has 3 aromatic carbocycles. The maximum absolute atomic E-state index is 12.3. The van der Waals surface area contributed by atoms with Gasteiger partial charge < -0.3 is 24.6 Å². The zero-order valence-corrected chi connectivity index (χ0v) is 24.7. The number of amides is 1. The number of hydrogen-bond donors (Lipinski definition) is 3. The van der Waals surface area contributed by atoms with Crippen molar-refractivity contribution >= 4 is 23.6 Å². The van der Waals surface area contributed by atoms with E-state index in [1.807, 2.05) is 66.7 Å². The van der Waals surface area contributed by atoms with Gasteiger partial charge in [0.05, 0.1) is 18.8 Å². The van der Waals surface area contributed by atoms with Gasteiger partial charge in [0.25, 0.3) is 5.91 Å². The first kappa shape index (κ1) is 30.4. The molecule has 2 heterocycles. The van der Waals surface area contributed by atoms with Crippen molar-refractivity contribution in [3.8, 4) is 0 Å². The smallest absolute Gasteiger partial charge is 0.303 e. The number of nitrogens with zero attached hydrogens (tertiary/aromatic N) is 2. The molecule has 5 atom stereocenters. The Bertz CT molecular complexity index is 1470. The van der Waals surface area contributed by atoms with Gasteiger partial charge in [0, 0.05) is 30.7 Å². The number of carbonyl (C=O) groups excluding carboxylic acids is 2. The summed E-state index contributed by atoms with van der Waals surface area (Å²) in [4.78, 5) is 27.7. The topological polar surface area (TPSA) is 136 Å². The maximum Gasteiger partial charge on any atom is 0.303 e. The molecule has 10 nitrogen and oxygen atoms in total. The number of hydrogen-bond acceptors (Lipinski definition) is 9. The van der Waals surface area contributed by atoms with Crippen molar-refractivity contribution in [1.82, 2.24) is 20.5 Å². The van der Waals surface area contributed by atoms with Gasteiger partial charge in [-0.15, -0.1) is 0 Å². The van der Waals surface area contributed by atoms with Gasteiger partial charge >= 0.3 is 5.97 Å². The lowest BCUT2D eigenvalue weighted by Crippen LogP contribution is -2.38. The summed E-state index contributed by atoms with van der Waals surface area (Å²) in [5.74, 6) is -0.396. The molecule has 0 aliphatic carbocycles. The lowest BCUT2D eigenvalue weighted by molar-refractivity contribution is -0.255. The van der Waals surface area contributed by atoms with Crippen molar-refractivity contribution in [2.75, 3.05) is 5.75 Å². The molecule has 0 spiro atoms. The van der Waals surface area contributed by atoms with Crippen LogP contribution in [-0.4, -0.2) is 50.1 Å². The first-order valence-electron chi connectivity index (χ1n) is 14.0. The van der Waals surface area contributed by atoms with Gasteiger partial charge in [-0.25, -0.2) is 4.98 Å². The first-order chi connectivity index (χ1) is 20.9. The third-order valence-corrected chi connectivity index (χ3v) is 8.14. The fourth-order valence-electron chi connectivity index (χ4n) is 5.00. The molecule has 3 N–H and O–H groups in total. The summed E-state index contributed by atoms with van der Waals surface area (Å²) in [5.41, 5.74) is 4.61. The Morgan fingerprint density at radius 1 is 0.977 bits per heavy atom. The summed E-state index contributed by atoms with van der Waals surface area (Å²) in [6.45, 7) is 3.05. The Morgan fingerprint density at radius 3 is 2.33 bits per heavy atom. The highest BCUT2D eigenvalue weighted by Gasteiger charge is 2.42. The molecule has 1 unspecified atom stereocenters. The van der Waals surface area contributed by atoms with Gasteiger partial charge in [0.1, 0.15) is 6.33 Å². The van der Waals surface area contributed by atoms with Crippen LogP contribution < -0.4 is 5.32 Å². The predicted octanol–water partition coefficient (Wildman–Crippen LogP) is 4.60.